The van der Waals surface area contributed by atoms with Crippen LogP contribution in [0.25, 0.3) is 11.3 Å². The summed E-state index contributed by atoms with van der Waals surface area (Å²) in [6, 6.07) is 12.5. The lowest BCUT2D eigenvalue weighted by Crippen LogP contribution is -2.18. The fraction of sp³-hybridized carbons (Fsp3) is 0.304. The van der Waals surface area contributed by atoms with Crippen LogP contribution in [0.2, 0.25) is 10.0 Å². The Kier molecular flexibility index (Phi) is 7.12. The highest BCUT2D eigenvalue weighted by atomic mass is 35.5. The van der Waals surface area contributed by atoms with Crippen molar-refractivity contribution in [2.75, 3.05) is 18.5 Å². The second-order valence-corrected chi connectivity index (χ2v) is 8.08. The number of oxazole rings is 1. The van der Waals surface area contributed by atoms with Crippen molar-refractivity contribution in [3.05, 3.63) is 64.6 Å². The van der Waals surface area contributed by atoms with E-state index in [1.165, 1.54) is 0 Å². The number of aromatic nitrogens is 1. The lowest BCUT2D eigenvalue weighted by Gasteiger charge is -2.15. The van der Waals surface area contributed by atoms with Gasteiger partial charge in [-0.3, -0.25) is 4.79 Å². The smallest absolute Gasteiger partial charge is 0.224 e. The van der Waals surface area contributed by atoms with E-state index in [2.05, 4.69) is 10.3 Å². The minimum atomic E-state index is -0.193. The molecule has 0 saturated carbocycles. The molecule has 31 heavy (non-hydrogen) atoms. The first kappa shape index (κ1) is 21.7. The number of hydrogen-bond acceptors (Lipinski definition) is 5. The minimum absolute atomic E-state index is 0.0802. The van der Waals surface area contributed by atoms with Gasteiger partial charge in [0.05, 0.1) is 23.0 Å². The number of carbonyl (C=O) groups is 1. The Bertz CT molecular complexity index is 1050. The molecule has 0 aliphatic carbocycles. The summed E-state index contributed by atoms with van der Waals surface area (Å²) in [4.78, 5) is 16.8. The van der Waals surface area contributed by atoms with Crippen LogP contribution in [0.15, 0.2) is 53.1 Å². The average Bonchev–Trinajstić information content (AvgIpc) is 3.44. The van der Waals surface area contributed by atoms with Gasteiger partial charge >= 0.3 is 0 Å². The average molecular weight is 461 g/mol. The van der Waals surface area contributed by atoms with Crippen LogP contribution in [0.5, 0.6) is 5.75 Å². The monoisotopic (exact) mass is 460 g/mol. The van der Waals surface area contributed by atoms with E-state index in [1.807, 2.05) is 18.2 Å². The molecule has 8 heteroatoms. The summed E-state index contributed by atoms with van der Waals surface area (Å²) in [6.07, 6.45) is 4.25. The van der Waals surface area contributed by atoms with E-state index in [1.54, 1.807) is 30.5 Å². The molecular weight excluding hydrogens is 439 g/mol. The molecule has 1 saturated heterocycles. The van der Waals surface area contributed by atoms with E-state index >= 15 is 0 Å². The van der Waals surface area contributed by atoms with Gasteiger partial charge in [0.25, 0.3) is 0 Å². The first-order valence-electron chi connectivity index (χ1n) is 10.1. The van der Waals surface area contributed by atoms with E-state index in [0.29, 0.717) is 46.2 Å². The molecular formula is C23H22Cl2N2O4. The molecule has 1 N–H and O–H groups in total. The maximum atomic E-state index is 12.5. The lowest BCUT2D eigenvalue weighted by molar-refractivity contribution is -0.116. The third kappa shape index (κ3) is 5.79. The molecule has 0 radical (unpaired) electrons. The molecule has 2 heterocycles. The van der Waals surface area contributed by atoms with Crippen molar-refractivity contribution in [3.63, 3.8) is 0 Å². The molecule has 0 spiro atoms. The SMILES string of the molecule is O=C(CCc1ncc(-c2ccccc2Cl)o1)Nc1cc(Cl)ccc1OCC1CCCO1. The molecule has 1 amide bonds. The third-order valence-electron chi connectivity index (χ3n) is 4.92. The minimum Gasteiger partial charge on any atom is -0.489 e. The van der Waals surface area contributed by atoms with Crippen molar-refractivity contribution in [1.82, 2.24) is 4.98 Å². The van der Waals surface area contributed by atoms with Gasteiger partial charge in [0.15, 0.2) is 11.7 Å². The summed E-state index contributed by atoms with van der Waals surface area (Å²) in [7, 11) is 0. The fourth-order valence-electron chi connectivity index (χ4n) is 3.33. The maximum absolute atomic E-state index is 12.5. The number of benzene rings is 2. The molecule has 1 fully saturated rings. The Morgan fingerprint density at radius 1 is 1.23 bits per heavy atom. The van der Waals surface area contributed by atoms with Crippen LogP contribution < -0.4 is 10.1 Å². The molecule has 1 unspecified atom stereocenters. The standard InChI is InChI=1S/C23H22Cl2N2O4/c24-15-7-8-20(30-14-16-4-3-11-29-16)19(12-15)27-22(28)9-10-23-26-13-21(31-23)17-5-1-2-6-18(17)25/h1-2,5-8,12-13,16H,3-4,9-11,14H2,(H,27,28). The van der Waals surface area contributed by atoms with Gasteiger partial charge in [-0.2, -0.15) is 0 Å². The first-order chi connectivity index (χ1) is 15.1. The second-order valence-electron chi connectivity index (χ2n) is 7.23. The lowest BCUT2D eigenvalue weighted by atomic mass is 10.2. The predicted octanol–water partition coefficient (Wildman–Crippen LogP) is 5.78. The largest absolute Gasteiger partial charge is 0.489 e. The quantitative estimate of drug-likeness (QED) is 0.461. The number of nitrogens with zero attached hydrogens (tertiary/aromatic N) is 1. The van der Waals surface area contributed by atoms with E-state index in [0.717, 1.165) is 25.0 Å². The number of rotatable bonds is 8. The molecule has 3 aromatic rings. The zero-order chi connectivity index (χ0) is 21.6. The van der Waals surface area contributed by atoms with Crippen molar-refractivity contribution in [2.45, 2.75) is 31.8 Å². The van der Waals surface area contributed by atoms with Crippen LogP contribution in [0, 0.1) is 0 Å². The topological polar surface area (TPSA) is 73.6 Å². The van der Waals surface area contributed by atoms with Gasteiger partial charge in [-0.15, -0.1) is 0 Å². The first-order valence-corrected chi connectivity index (χ1v) is 10.9. The summed E-state index contributed by atoms with van der Waals surface area (Å²) in [5, 5.41) is 3.96. The van der Waals surface area contributed by atoms with Gasteiger partial charge in [-0.05, 0) is 43.2 Å². The van der Waals surface area contributed by atoms with E-state index in [-0.39, 0.29) is 18.4 Å². The Balaban J connectivity index is 1.35. The molecule has 1 aliphatic rings. The highest BCUT2D eigenvalue weighted by Gasteiger charge is 2.18. The third-order valence-corrected chi connectivity index (χ3v) is 5.49. The van der Waals surface area contributed by atoms with Gasteiger partial charge in [-0.1, -0.05) is 35.3 Å². The normalized spacial score (nSPS) is 15.7. The van der Waals surface area contributed by atoms with E-state index in [4.69, 9.17) is 37.1 Å². The molecule has 6 nitrogen and oxygen atoms in total. The number of anilines is 1. The van der Waals surface area contributed by atoms with Gasteiger partial charge < -0.3 is 19.2 Å². The Labute approximate surface area is 190 Å². The predicted molar refractivity (Wildman–Crippen MR) is 120 cm³/mol. The molecule has 4 rings (SSSR count). The number of aryl methyl sites for hydroxylation is 1. The molecule has 162 valence electrons. The van der Waals surface area contributed by atoms with Crippen LogP contribution in [0.1, 0.15) is 25.2 Å². The van der Waals surface area contributed by atoms with Crippen molar-refractivity contribution < 1.29 is 18.7 Å². The van der Waals surface area contributed by atoms with E-state index in [9.17, 15) is 4.79 Å². The van der Waals surface area contributed by atoms with E-state index < -0.39 is 0 Å². The molecule has 1 aliphatic heterocycles. The van der Waals surface area contributed by atoms with Gasteiger partial charge in [0.2, 0.25) is 5.91 Å². The molecule has 0 bridgehead atoms. The van der Waals surface area contributed by atoms with Crippen molar-refractivity contribution in [3.8, 4) is 17.1 Å². The summed E-state index contributed by atoms with van der Waals surface area (Å²) in [6.45, 7) is 1.20. The number of ether oxygens (including phenoxy) is 2. The Hall–Kier alpha value is -2.54. The Morgan fingerprint density at radius 2 is 2.10 bits per heavy atom. The summed E-state index contributed by atoms with van der Waals surface area (Å²) >= 11 is 12.3. The zero-order valence-electron chi connectivity index (χ0n) is 16.8. The number of halogens is 2. The van der Waals surface area contributed by atoms with Crippen molar-refractivity contribution in [2.24, 2.45) is 0 Å². The van der Waals surface area contributed by atoms with Crippen LogP contribution in [-0.4, -0.2) is 30.2 Å². The van der Waals surface area contributed by atoms with Crippen molar-refractivity contribution >= 4 is 34.8 Å². The van der Waals surface area contributed by atoms with Crippen LogP contribution in [0.3, 0.4) is 0 Å². The highest BCUT2D eigenvalue weighted by molar-refractivity contribution is 6.33. The maximum Gasteiger partial charge on any atom is 0.224 e. The summed E-state index contributed by atoms with van der Waals surface area (Å²) in [5.74, 6) is 1.40. The van der Waals surface area contributed by atoms with Gasteiger partial charge in [0.1, 0.15) is 12.4 Å². The van der Waals surface area contributed by atoms with Crippen molar-refractivity contribution in [1.29, 1.82) is 0 Å². The fourth-order valence-corrected chi connectivity index (χ4v) is 3.73. The number of amides is 1. The van der Waals surface area contributed by atoms with Crippen LogP contribution in [0.4, 0.5) is 5.69 Å². The van der Waals surface area contributed by atoms with Gasteiger partial charge in [-0.25, -0.2) is 4.98 Å². The van der Waals surface area contributed by atoms with Crippen LogP contribution >= 0.6 is 23.2 Å². The number of carbonyl (C=O) groups excluding carboxylic acids is 1. The molecule has 1 atom stereocenters. The second kappa shape index (κ2) is 10.2. The summed E-state index contributed by atoms with van der Waals surface area (Å²) < 4.78 is 17.2. The molecule has 2 aromatic carbocycles. The number of nitrogens with one attached hydrogen (secondary N) is 1. The van der Waals surface area contributed by atoms with Gasteiger partial charge in [0, 0.05) is 30.0 Å². The van der Waals surface area contributed by atoms with Crippen LogP contribution in [-0.2, 0) is 16.0 Å². The zero-order valence-corrected chi connectivity index (χ0v) is 18.3. The highest BCUT2D eigenvalue weighted by Crippen LogP contribution is 2.30. The Morgan fingerprint density at radius 3 is 2.90 bits per heavy atom. The summed E-state index contributed by atoms with van der Waals surface area (Å²) in [5.41, 5.74) is 1.29. The number of hydrogen-bond donors (Lipinski definition) is 1. The molecule has 1 aromatic heterocycles.